The zero-order chi connectivity index (χ0) is 13.6. The molecule has 0 aromatic carbocycles. The van der Waals surface area contributed by atoms with Crippen LogP contribution in [0.15, 0.2) is 0 Å². The molecule has 0 saturated carbocycles. The SMILES string of the molecule is CCN1CCN(CC)C1F.O=C(O)C(F)(F)F. The average molecular weight is 260 g/mol. The Balaban J connectivity index is 0.000000325. The van der Waals surface area contributed by atoms with Gasteiger partial charge >= 0.3 is 12.1 Å². The zero-order valence-electron chi connectivity index (χ0n) is 9.67. The highest BCUT2D eigenvalue weighted by atomic mass is 19.4. The van der Waals surface area contributed by atoms with Crippen LogP contribution in [0.3, 0.4) is 0 Å². The molecule has 8 heteroatoms. The van der Waals surface area contributed by atoms with Gasteiger partial charge in [-0.25, -0.2) is 9.18 Å². The summed E-state index contributed by atoms with van der Waals surface area (Å²) in [6.07, 6.45) is -5.91. The van der Waals surface area contributed by atoms with Crippen molar-refractivity contribution < 1.29 is 27.5 Å². The van der Waals surface area contributed by atoms with E-state index < -0.39 is 18.6 Å². The predicted octanol–water partition coefficient (Wildman–Crippen LogP) is 1.53. The molecule has 4 nitrogen and oxygen atoms in total. The molecule has 0 aliphatic carbocycles. The van der Waals surface area contributed by atoms with Crippen LogP contribution in [0, 0.1) is 0 Å². The lowest BCUT2D eigenvalue weighted by Crippen LogP contribution is -2.34. The number of likely N-dealkylation sites (N-methyl/N-ethyl adjacent to an activating group) is 2. The first-order valence-electron chi connectivity index (χ1n) is 5.16. The molecule has 17 heavy (non-hydrogen) atoms. The molecule has 1 N–H and O–H groups in total. The van der Waals surface area contributed by atoms with Crippen molar-refractivity contribution in [3.63, 3.8) is 0 Å². The van der Waals surface area contributed by atoms with E-state index in [9.17, 15) is 17.6 Å². The summed E-state index contributed by atoms with van der Waals surface area (Å²) in [6, 6.07) is 0. The second-order valence-electron chi connectivity index (χ2n) is 3.37. The molecule has 1 saturated heterocycles. The van der Waals surface area contributed by atoms with Crippen LogP contribution < -0.4 is 0 Å². The Hall–Kier alpha value is -0.890. The Morgan fingerprint density at radius 1 is 1.24 bits per heavy atom. The van der Waals surface area contributed by atoms with E-state index in [0.717, 1.165) is 26.2 Å². The number of carboxylic acid groups (broad SMARTS) is 1. The second kappa shape index (κ2) is 6.75. The van der Waals surface area contributed by atoms with E-state index in [1.165, 1.54) is 0 Å². The lowest BCUT2D eigenvalue weighted by atomic mass is 10.6. The maximum absolute atomic E-state index is 13.1. The van der Waals surface area contributed by atoms with Crippen LogP contribution in [-0.2, 0) is 4.79 Å². The smallest absolute Gasteiger partial charge is 0.475 e. The number of carboxylic acids is 1. The number of halogens is 4. The molecule has 0 amide bonds. The van der Waals surface area contributed by atoms with Crippen molar-refractivity contribution in [3.05, 3.63) is 0 Å². The van der Waals surface area contributed by atoms with Crippen molar-refractivity contribution in [2.75, 3.05) is 26.2 Å². The Bertz CT molecular complexity index is 236. The molecular weight excluding hydrogens is 244 g/mol. The first kappa shape index (κ1) is 16.1. The van der Waals surface area contributed by atoms with E-state index in [1.807, 2.05) is 23.6 Å². The molecule has 0 unspecified atom stereocenters. The highest BCUT2D eigenvalue weighted by Crippen LogP contribution is 2.14. The topological polar surface area (TPSA) is 43.8 Å². The summed E-state index contributed by atoms with van der Waals surface area (Å²) in [4.78, 5) is 12.6. The predicted molar refractivity (Wildman–Crippen MR) is 53.1 cm³/mol. The maximum Gasteiger partial charge on any atom is 0.490 e. The minimum Gasteiger partial charge on any atom is -0.475 e. The molecule has 0 bridgehead atoms. The van der Waals surface area contributed by atoms with Crippen molar-refractivity contribution in [3.8, 4) is 0 Å². The van der Waals surface area contributed by atoms with Crippen molar-refractivity contribution in [1.29, 1.82) is 0 Å². The van der Waals surface area contributed by atoms with Crippen molar-refractivity contribution in [1.82, 2.24) is 9.80 Å². The quantitative estimate of drug-likeness (QED) is 0.604. The largest absolute Gasteiger partial charge is 0.490 e. The molecule has 1 aliphatic heterocycles. The number of nitrogens with zero attached hydrogens (tertiary/aromatic N) is 2. The summed E-state index contributed by atoms with van der Waals surface area (Å²) in [5, 5.41) is 7.12. The normalized spacial score (nSPS) is 18.9. The second-order valence-corrected chi connectivity index (χ2v) is 3.37. The Morgan fingerprint density at radius 2 is 1.53 bits per heavy atom. The summed E-state index contributed by atoms with van der Waals surface area (Å²) in [5.41, 5.74) is 0. The monoisotopic (exact) mass is 260 g/mol. The number of alkyl halides is 4. The number of hydrogen-bond donors (Lipinski definition) is 1. The lowest BCUT2D eigenvalue weighted by Gasteiger charge is -2.20. The van der Waals surface area contributed by atoms with Crippen LogP contribution in [0.2, 0.25) is 0 Å². The molecule has 0 aromatic heterocycles. The van der Waals surface area contributed by atoms with Gasteiger partial charge in [-0.05, 0) is 13.1 Å². The highest BCUT2D eigenvalue weighted by molar-refractivity contribution is 5.73. The molecular formula is C9H16F4N2O2. The van der Waals surface area contributed by atoms with Gasteiger partial charge in [0.1, 0.15) is 0 Å². The zero-order valence-corrected chi connectivity index (χ0v) is 9.67. The maximum atomic E-state index is 13.1. The van der Waals surface area contributed by atoms with Crippen LogP contribution in [-0.4, -0.2) is 59.7 Å². The number of carbonyl (C=O) groups is 1. The first-order chi connectivity index (χ1) is 7.73. The third kappa shape index (κ3) is 5.31. The minimum atomic E-state index is -5.08. The molecule has 1 aliphatic rings. The van der Waals surface area contributed by atoms with Gasteiger partial charge in [0.05, 0.1) is 0 Å². The molecule has 0 radical (unpaired) electrons. The van der Waals surface area contributed by atoms with Crippen LogP contribution in [0.25, 0.3) is 0 Å². The van der Waals surface area contributed by atoms with Crippen LogP contribution >= 0.6 is 0 Å². The van der Waals surface area contributed by atoms with Gasteiger partial charge in [-0.1, -0.05) is 13.8 Å². The Kier molecular flexibility index (Phi) is 6.40. The third-order valence-electron chi connectivity index (χ3n) is 2.33. The number of aliphatic carboxylic acids is 1. The van der Waals surface area contributed by atoms with Gasteiger partial charge in [-0.3, -0.25) is 9.80 Å². The van der Waals surface area contributed by atoms with Gasteiger partial charge in [-0.15, -0.1) is 0 Å². The van der Waals surface area contributed by atoms with Crippen molar-refractivity contribution >= 4 is 5.97 Å². The number of hydrogen-bond acceptors (Lipinski definition) is 3. The van der Waals surface area contributed by atoms with E-state index in [1.54, 1.807) is 0 Å². The lowest BCUT2D eigenvalue weighted by molar-refractivity contribution is -0.192. The summed E-state index contributed by atoms with van der Waals surface area (Å²) in [5.74, 6) is -2.76. The fourth-order valence-corrected chi connectivity index (χ4v) is 1.32. The van der Waals surface area contributed by atoms with E-state index in [-0.39, 0.29) is 0 Å². The summed E-state index contributed by atoms with van der Waals surface area (Å²) in [6.45, 7) is 7.38. The van der Waals surface area contributed by atoms with Crippen LogP contribution in [0.5, 0.6) is 0 Å². The summed E-state index contributed by atoms with van der Waals surface area (Å²) < 4.78 is 44.8. The van der Waals surface area contributed by atoms with Gasteiger partial charge in [0.15, 0.2) is 0 Å². The molecule has 0 atom stereocenters. The fraction of sp³-hybridized carbons (Fsp3) is 0.889. The summed E-state index contributed by atoms with van der Waals surface area (Å²) >= 11 is 0. The third-order valence-corrected chi connectivity index (χ3v) is 2.33. The average Bonchev–Trinajstić information content (AvgIpc) is 2.58. The summed E-state index contributed by atoms with van der Waals surface area (Å²) in [7, 11) is 0. The van der Waals surface area contributed by atoms with Gasteiger partial charge in [-0.2, -0.15) is 13.2 Å². The first-order valence-corrected chi connectivity index (χ1v) is 5.16. The Labute approximate surface area is 96.8 Å². The van der Waals surface area contributed by atoms with Crippen molar-refractivity contribution in [2.24, 2.45) is 0 Å². The molecule has 0 spiro atoms. The highest BCUT2D eigenvalue weighted by Gasteiger charge is 2.38. The Morgan fingerprint density at radius 3 is 1.65 bits per heavy atom. The fourth-order valence-electron chi connectivity index (χ4n) is 1.32. The molecule has 1 fully saturated rings. The standard InChI is InChI=1S/C7H15FN2.C2HF3O2/c1-3-9-5-6-10(4-2)7(9)8;3-2(4,5)1(6)7/h7H,3-6H2,1-2H3;(H,6,7). The van der Waals surface area contributed by atoms with Gasteiger partial charge in [0.25, 0.3) is 0 Å². The molecule has 0 aromatic rings. The van der Waals surface area contributed by atoms with E-state index >= 15 is 0 Å². The minimum absolute atomic E-state index is 0.817. The van der Waals surface area contributed by atoms with E-state index in [2.05, 4.69) is 0 Å². The van der Waals surface area contributed by atoms with E-state index in [4.69, 9.17) is 9.90 Å². The van der Waals surface area contributed by atoms with Gasteiger partial charge in [0.2, 0.25) is 6.42 Å². The van der Waals surface area contributed by atoms with Crippen LogP contribution in [0.1, 0.15) is 13.8 Å². The van der Waals surface area contributed by atoms with E-state index in [0.29, 0.717) is 0 Å². The van der Waals surface area contributed by atoms with Crippen LogP contribution in [0.4, 0.5) is 17.6 Å². The molecule has 102 valence electrons. The molecule has 1 heterocycles. The number of rotatable bonds is 2. The van der Waals surface area contributed by atoms with Gasteiger partial charge in [0, 0.05) is 13.1 Å². The van der Waals surface area contributed by atoms with Gasteiger partial charge < -0.3 is 5.11 Å². The molecule has 1 rings (SSSR count). The van der Waals surface area contributed by atoms with Crippen molar-refractivity contribution in [2.45, 2.75) is 26.4 Å².